The highest BCUT2D eigenvalue weighted by Crippen LogP contribution is 2.36. The first-order valence-electron chi connectivity index (χ1n) is 15.1. The number of halogens is 1. The Hall–Kier alpha value is -5.23. The van der Waals surface area contributed by atoms with Gasteiger partial charge in [0.1, 0.15) is 23.1 Å². The van der Waals surface area contributed by atoms with Crippen molar-refractivity contribution in [2.45, 2.75) is 40.0 Å². The van der Waals surface area contributed by atoms with Crippen molar-refractivity contribution >= 4 is 21.8 Å². The van der Waals surface area contributed by atoms with E-state index in [1.807, 2.05) is 84.5 Å². The molecule has 6 heteroatoms. The minimum atomic E-state index is -0.266. The molecule has 0 unspecified atom stereocenters. The van der Waals surface area contributed by atoms with E-state index >= 15 is 0 Å². The van der Waals surface area contributed by atoms with Crippen molar-refractivity contribution in [3.63, 3.8) is 0 Å². The van der Waals surface area contributed by atoms with Gasteiger partial charge < -0.3 is 4.74 Å². The first-order chi connectivity index (χ1) is 21.5. The van der Waals surface area contributed by atoms with E-state index in [4.69, 9.17) is 14.8 Å². The minimum absolute atomic E-state index is 0.266. The number of pyridine rings is 1. The molecule has 0 spiro atoms. The molecule has 4 aromatic carbocycles. The second kappa shape index (κ2) is 11.5. The number of nitrogens with zero attached hydrogens (tertiary/aromatic N) is 4. The van der Waals surface area contributed by atoms with Crippen LogP contribution in [-0.4, -0.2) is 19.3 Å². The minimum Gasteiger partial charge on any atom is -0.457 e. The van der Waals surface area contributed by atoms with Gasteiger partial charge in [-0.25, -0.2) is 14.1 Å². The number of hydrogen-bond acceptors (Lipinski definition) is 3. The predicted octanol–water partition coefficient (Wildman–Crippen LogP) is 9.92. The fraction of sp³-hybridized carbons (Fsp3) is 0.158. The van der Waals surface area contributed by atoms with Gasteiger partial charge in [0.05, 0.1) is 22.4 Å². The summed E-state index contributed by atoms with van der Waals surface area (Å²) in [5.74, 6) is 1.92. The number of benzene rings is 4. The summed E-state index contributed by atoms with van der Waals surface area (Å²) in [5.41, 5.74) is 8.29. The Balaban J connectivity index is 1.28. The van der Waals surface area contributed by atoms with E-state index in [0.717, 1.165) is 75.1 Å². The van der Waals surface area contributed by atoms with Crippen LogP contribution in [0.15, 0.2) is 109 Å². The molecule has 3 aromatic heterocycles. The van der Waals surface area contributed by atoms with Gasteiger partial charge in [-0.2, -0.15) is 5.10 Å². The monoisotopic (exact) mass is 580 g/mol. The summed E-state index contributed by atoms with van der Waals surface area (Å²) in [6.07, 6.45) is 5.09. The van der Waals surface area contributed by atoms with E-state index in [1.165, 1.54) is 11.6 Å². The second-order valence-electron chi connectivity index (χ2n) is 11.2. The van der Waals surface area contributed by atoms with Gasteiger partial charge in [-0.1, -0.05) is 49.7 Å². The summed E-state index contributed by atoms with van der Waals surface area (Å²) in [6, 6.07) is 33.4. The zero-order chi connectivity index (χ0) is 30.2. The van der Waals surface area contributed by atoms with Gasteiger partial charge in [-0.05, 0) is 92.4 Å². The molecule has 7 aromatic rings. The molecule has 3 heterocycles. The second-order valence-corrected chi connectivity index (χ2v) is 11.2. The highest BCUT2D eigenvalue weighted by atomic mass is 19.1. The Morgan fingerprint density at radius 3 is 2.45 bits per heavy atom. The van der Waals surface area contributed by atoms with Gasteiger partial charge in [0.25, 0.3) is 0 Å². The van der Waals surface area contributed by atoms with Crippen molar-refractivity contribution in [3.05, 3.63) is 132 Å². The number of unbranched alkanes of at least 4 members (excludes halogenated alkanes) is 1. The lowest BCUT2D eigenvalue weighted by atomic mass is 10.0. The van der Waals surface area contributed by atoms with Crippen LogP contribution in [-0.2, 0) is 6.42 Å². The Labute approximate surface area is 256 Å². The fourth-order valence-corrected chi connectivity index (χ4v) is 6.13. The molecule has 0 aliphatic rings. The van der Waals surface area contributed by atoms with Crippen LogP contribution in [0.1, 0.15) is 36.7 Å². The summed E-state index contributed by atoms with van der Waals surface area (Å²) in [7, 11) is 0. The van der Waals surface area contributed by atoms with Crippen molar-refractivity contribution in [3.8, 4) is 34.1 Å². The number of hydrogen-bond donors (Lipinski definition) is 0. The van der Waals surface area contributed by atoms with E-state index in [2.05, 4.69) is 42.7 Å². The van der Waals surface area contributed by atoms with Crippen LogP contribution < -0.4 is 4.74 Å². The van der Waals surface area contributed by atoms with Crippen LogP contribution in [0, 0.1) is 19.7 Å². The van der Waals surface area contributed by atoms with E-state index < -0.39 is 0 Å². The molecule has 0 bridgehead atoms. The summed E-state index contributed by atoms with van der Waals surface area (Å²) < 4.78 is 24.9. The summed E-state index contributed by atoms with van der Waals surface area (Å²) in [4.78, 5) is 4.73. The SMILES string of the molecule is CCCCc1ccnc(-n2c3ccc(F)cc3c3ccc(Oc4cccc(-n5nc(C)c(-c6ccccc6)c5C)c4)cc32)c1. The summed E-state index contributed by atoms with van der Waals surface area (Å²) >= 11 is 0. The molecule has 0 saturated heterocycles. The normalized spacial score (nSPS) is 11.5. The summed E-state index contributed by atoms with van der Waals surface area (Å²) in [6.45, 7) is 6.33. The molecule has 0 atom stereocenters. The van der Waals surface area contributed by atoms with Gasteiger partial charge in [-0.15, -0.1) is 0 Å². The Kier molecular flexibility index (Phi) is 7.18. The standard InChI is InChI=1S/C38H33FN4O/c1-4-5-10-27-19-20-40-37(21-27)42-35-18-15-29(39)22-34(35)33-17-16-32(24-36(33)42)44-31-14-9-13-30(23-31)43-26(3)38(25(2)41-43)28-11-7-6-8-12-28/h6-9,11-24H,4-5,10H2,1-3H3. The Morgan fingerprint density at radius 1 is 0.773 bits per heavy atom. The number of ether oxygens (including phenoxy) is 1. The maximum absolute atomic E-state index is 14.4. The van der Waals surface area contributed by atoms with Crippen molar-refractivity contribution in [1.82, 2.24) is 19.3 Å². The maximum Gasteiger partial charge on any atom is 0.137 e. The van der Waals surface area contributed by atoms with Crippen LogP contribution in [0.2, 0.25) is 0 Å². The molecule has 0 amide bonds. The van der Waals surface area contributed by atoms with E-state index in [0.29, 0.717) is 11.5 Å². The molecular formula is C38H33FN4O. The van der Waals surface area contributed by atoms with Crippen molar-refractivity contribution in [2.24, 2.45) is 0 Å². The van der Waals surface area contributed by atoms with Crippen molar-refractivity contribution in [2.75, 3.05) is 0 Å². The average Bonchev–Trinajstić information content (AvgIpc) is 3.52. The summed E-state index contributed by atoms with van der Waals surface area (Å²) in [5, 5.41) is 6.65. The number of aryl methyl sites for hydroxylation is 2. The lowest BCUT2D eigenvalue weighted by molar-refractivity contribution is 0.482. The largest absolute Gasteiger partial charge is 0.457 e. The predicted molar refractivity (Wildman–Crippen MR) is 176 cm³/mol. The van der Waals surface area contributed by atoms with Crippen molar-refractivity contribution in [1.29, 1.82) is 0 Å². The van der Waals surface area contributed by atoms with Crippen molar-refractivity contribution < 1.29 is 9.13 Å². The molecule has 218 valence electrons. The highest BCUT2D eigenvalue weighted by Gasteiger charge is 2.17. The topological polar surface area (TPSA) is 44.9 Å². The van der Waals surface area contributed by atoms with E-state index in [1.54, 1.807) is 6.07 Å². The molecule has 0 saturated carbocycles. The zero-order valence-electron chi connectivity index (χ0n) is 25.1. The molecule has 7 rings (SSSR count). The van der Waals surface area contributed by atoms with Gasteiger partial charge in [-0.3, -0.25) is 4.57 Å². The van der Waals surface area contributed by atoms with Crippen LogP contribution in [0.5, 0.6) is 11.5 Å². The number of fused-ring (bicyclic) bond motifs is 3. The van der Waals surface area contributed by atoms with Gasteiger partial charge in [0, 0.05) is 40.4 Å². The third-order valence-electron chi connectivity index (χ3n) is 8.21. The maximum atomic E-state index is 14.4. The fourth-order valence-electron chi connectivity index (χ4n) is 6.13. The molecule has 0 radical (unpaired) electrons. The molecule has 5 nitrogen and oxygen atoms in total. The van der Waals surface area contributed by atoms with E-state index in [-0.39, 0.29) is 5.82 Å². The van der Waals surface area contributed by atoms with E-state index in [9.17, 15) is 4.39 Å². The van der Waals surface area contributed by atoms with Crippen LogP contribution in [0.25, 0.3) is 44.4 Å². The smallest absolute Gasteiger partial charge is 0.137 e. The lowest BCUT2D eigenvalue weighted by Crippen LogP contribution is -2.00. The molecule has 0 N–H and O–H groups in total. The van der Waals surface area contributed by atoms with Gasteiger partial charge in [0.15, 0.2) is 0 Å². The van der Waals surface area contributed by atoms with Crippen LogP contribution in [0.3, 0.4) is 0 Å². The van der Waals surface area contributed by atoms with Crippen LogP contribution >= 0.6 is 0 Å². The Bertz CT molecular complexity index is 2130. The van der Waals surface area contributed by atoms with Gasteiger partial charge in [0.2, 0.25) is 0 Å². The quantitative estimate of drug-likeness (QED) is 0.180. The molecule has 0 aliphatic heterocycles. The highest BCUT2D eigenvalue weighted by molar-refractivity contribution is 6.09. The number of rotatable bonds is 8. The zero-order valence-corrected chi connectivity index (χ0v) is 25.1. The van der Waals surface area contributed by atoms with Crippen LogP contribution in [0.4, 0.5) is 4.39 Å². The molecule has 0 fully saturated rings. The molecule has 0 aliphatic carbocycles. The first-order valence-corrected chi connectivity index (χ1v) is 15.1. The molecule has 44 heavy (non-hydrogen) atoms. The van der Waals surface area contributed by atoms with Gasteiger partial charge >= 0.3 is 0 Å². The average molecular weight is 581 g/mol. The molecular weight excluding hydrogens is 547 g/mol. The first kappa shape index (κ1) is 27.6. The third-order valence-corrected chi connectivity index (χ3v) is 8.21. The lowest BCUT2D eigenvalue weighted by Gasteiger charge is -2.11. The third kappa shape index (κ3) is 5.02. The Morgan fingerprint density at radius 2 is 1.61 bits per heavy atom. The number of aromatic nitrogens is 4.